The lowest BCUT2D eigenvalue weighted by Crippen LogP contribution is -2.25. The Morgan fingerprint density at radius 3 is 2.45 bits per heavy atom. The van der Waals surface area contributed by atoms with E-state index < -0.39 is 11.9 Å². The Bertz CT molecular complexity index is 477. The van der Waals surface area contributed by atoms with Crippen LogP contribution in [0.1, 0.15) is 32.4 Å². The molecule has 1 aromatic rings. The molecule has 1 saturated carbocycles. The first kappa shape index (κ1) is 14.8. The minimum absolute atomic E-state index is 0.117. The first-order chi connectivity index (χ1) is 9.31. The number of hydrazine groups is 1. The number of alkyl halides is 3. The number of nitrogens with zero attached hydrogens (tertiary/aromatic N) is 2. The predicted molar refractivity (Wildman–Crippen MR) is 69.8 cm³/mol. The number of anilines is 2. The molecule has 20 heavy (non-hydrogen) atoms. The van der Waals surface area contributed by atoms with E-state index in [1.165, 1.54) is 0 Å². The van der Waals surface area contributed by atoms with E-state index >= 15 is 0 Å². The van der Waals surface area contributed by atoms with Gasteiger partial charge in [-0.3, -0.25) is 5.43 Å². The van der Waals surface area contributed by atoms with Crippen molar-refractivity contribution in [1.29, 1.82) is 0 Å². The summed E-state index contributed by atoms with van der Waals surface area (Å²) in [7, 11) is 0. The predicted octanol–water partition coefficient (Wildman–Crippen LogP) is 2.63. The van der Waals surface area contributed by atoms with Gasteiger partial charge in [-0.2, -0.15) is 18.2 Å². The quantitative estimate of drug-likeness (QED) is 0.589. The van der Waals surface area contributed by atoms with Gasteiger partial charge in [-0.1, -0.05) is 13.8 Å². The van der Waals surface area contributed by atoms with Crippen LogP contribution in [0.5, 0.6) is 0 Å². The molecule has 4 N–H and O–H groups in total. The third-order valence-electron chi connectivity index (χ3n) is 3.94. The van der Waals surface area contributed by atoms with Crippen LogP contribution in [-0.4, -0.2) is 16.0 Å². The standard InChI is InChI=1S/C12H18F3N5/c1-6-3-4-8(7(6)2)17-10-5-9(12(13,14)15)18-11(19-10)20-16/h5-8H,3-4,16H2,1-2H3,(H2,17,18,19,20). The van der Waals surface area contributed by atoms with E-state index in [1.807, 2.05) is 0 Å². The summed E-state index contributed by atoms with van der Waals surface area (Å²) in [6.45, 7) is 4.23. The van der Waals surface area contributed by atoms with E-state index in [0.29, 0.717) is 11.8 Å². The second kappa shape index (κ2) is 5.43. The van der Waals surface area contributed by atoms with E-state index in [9.17, 15) is 13.2 Å². The average Bonchev–Trinajstić information content (AvgIpc) is 2.69. The fraction of sp³-hybridized carbons (Fsp3) is 0.667. The van der Waals surface area contributed by atoms with Gasteiger partial charge in [0.25, 0.3) is 0 Å². The summed E-state index contributed by atoms with van der Waals surface area (Å²) in [6, 6.07) is 1.03. The van der Waals surface area contributed by atoms with Gasteiger partial charge in [0.1, 0.15) is 5.82 Å². The summed E-state index contributed by atoms with van der Waals surface area (Å²) in [4.78, 5) is 7.25. The van der Waals surface area contributed by atoms with Crippen molar-refractivity contribution in [2.45, 2.75) is 38.9 Å². The number of nitrogen functional groups attached to an aromatic ring is 1. The van der Waals surface area contributed by atoms with E-state index in [1.54, 1.807) is 0 Å². The Hall–Kier alpha value is -1.57. The lowest BCUT2D eigenvalue weighted by atomic mass is 9.98. The molecule has 1 heterocycles. The third-order valence-corrected chi connectivity index (χ3v) is 3.94. The van der Waals surface area contributed by atoms with Crippen molar-refractivity contribution in [2.75, 3.05) is 10.7 Å². The molecule has 3 atom stereocenters. The Morgan fingerprint density at radius 1 is 1.25 bits per heavy atom. The molecule has 0 radical (unpaired) electrons. The summed E-state index contributed by atoms with van der Waals surface area (Å²) in [6.07, 6.45) is -2.56. The molecule has 0 aromatic carbocycles. The largest absolute Gasteiger partial charge is 0.433 e. The monoisotopic (exact) mass is 289 g/mol. The highest BCUT2D eigenvalue weighted by atomic mass is 19.4. The van der Waals surface area contributed by atoms with Crippen LogP contribution in [0.2, 0.25) is 0 Å². The Kier molecular flexibility index (Phi) is 4.03. The number of nitrogens with one attached hydrogen (secondary N) is 2. The van der Waals surface area contributed by atoms with Crippen LogP contribution in [0.3, 0.4) is 0 Å². The van der Waals surface area contributed by atoms with E-state index in [0.717, 1.165) is 18.9 Å². The Labute approximate surface area is 115 Å². The lowest BCUT2D eigenvalue weighted by Gasteiger charge is -2.21. The van der Waals surface area contributed by atoms with Crippen molar-refractivity contribution >= 4 is 11.8 Å². The van der Waals surface area contributed by atoms with Gasteiger partial charge in [-0.25, -0.2) is 10.8 Å². The van der Waals surface area contributed by atoms with E-state index in [4.69, 9.17) is 5.84 Å². The molecule has 1 aliphatic carbocycles. The number of rotatable bonds is 3. The zero-order chi connectivity index (χ0) is 14.9. The van der Waals surface area contributed by atoms with Gasteiger partial charge in [-0.05, 0) is 24.7 Å². The smallest absolute Gasteiger partial charge is 0.367 e. The molecular weight excluding hydrogens is 271 g/mol. The molecule has 0 saturated heterocycles. The maximum atomic E-state index is 12.7. The molecule has 3 unspecified atom stereocenters. The van der Waals surface area contributed by atoms with Crippen molar-refractivity contribution < 1.29 is 13.2 Å². The van der Waals surface area contributed by atoms with Gasteiger partial charge in [0.15, 0.2) is 5.69 Å². The fourth-order valence-electron chi connectivity index (χ4n) is 2.49. The number of halogens is 3. The highest BCUT2D eigenvalue weighted by molar-refractivity contribution is 5.43. The number of nitrogens with two attached hydrogens (primary N) is 1. The molecule has 112 valence electrons. The summed E-state index contributed by atoms with van der Waals surface area (Å²) in [5.41, 5.74) is 1.05. The molecule has 8 heteroatoms. The third kappa shape index (κ3) is 3.12. The summed E-state index contributed by atoms with van der Waals surface area (Å²) in [5, 5.41) is 3.06. The van der Waals surface area contributed by atoms with Gasteiger partial charge in [0.2, 0.25) is 5.95 Å². The van der Waals surface area contributed by atoms with E-state index in [2.05, 4.69) is 34.6 Å². The van der Waals surface area contributed by atoms with Crippen LogP contribution in [0.15, 0.2) is 6.07 Å². The number of hydrogen-bond donors (Lipinski definition) is 3. The van der Waals surface area contributed by atoms with Crippen molar-refractivity contribution in [2.24, 2.45) is 17.7 Å². The second-order valence-corrected chi connectivity index (χ2v) is 5.27. The van der Waals surface area contributed by atoms with Crippen molar-refractivity contribution in [3.63, 3.8) is 0 Å². The van der Waals surface area contributed by atoms with Crippen LogP contribution >= 0.6 is 0 Å². The molecule has 1 fully saturated rings. The normalized spacial score (nSPS) is 26.6. The first-order valence-corrected chi connectivity index (χ1v) is 6.50. The van der Waals surface area contributed by atoms with Crippen LogP contribution in [0.4, 0.5) is 24.9 Å². The molecule has 1 aromatic heterocycles. The number of aromatic nitrogens is 2. The lowest BCUT2D eigenvalue weighted by molar-refractivity contribution is -0.141. The summed E-state index contributed by atoms with van der Waals surface area (Å²) < 4.78 is 38.2. The van der Waals surface area contributed by atoms with Crippen molar-refractivity contribution in [1.82, 2.24) is 9.97 Å². The van der Waals surface area contributed by atoms with Crippen LogP contribution in [0.25, 0.3) is 0 Å². The summed E-state index contributed by atoms with van der Waals surface area (Å²) in [5.74, 6) is 5.94. The SMILES string of the molecule is CC1CCC(Nc2cc(C(F)(F)F)nc(NN)n2)C1C. The molecular formula is C12H18F3N5. The molecule has 0 spiro atoms. The highest BCUT2D eigenvalue weighted by Gasteiger charge is 2.35. The Morgan fingerprint density at radius 2 is 1.95 bits per heavy atom. The molecule has 0 aliphatic heterocycles. The molecule has 5 nitrogen and oxygen atoms in total. The molecule has 0 amide bonds. The maximum Gasteiger partial charge on any atom is 0.433 e. The first-order valence-electron chi connectivity index (χ1n) is 6.50. The minimum atomic E-state index is -4.53. The van der Waals surface area contributed by atoms with Gasteiger partial charge >= 0.3 is 6.18 Å². The van der Waals surface area contributed by atoms with Gasteiger partial charge in [-0.15, -0.1) is 0 Å². The molecule has 0 bridgehead atoms. The van der Waals surface area contributed by atoms with Crippen LogP contribution < -0.4 is 16.6 Å². The zero-order valence-corrected chi connectivity index (χ0v) is 11.3. The fourth-order valence-corrected chi connectivity index (χ4v) is 2.49. The minimum Gasteiger partial charge on any atom is -0.367 e. The number of hydrogen-bond acceptors (Lipinski definition) is 5. The summed E-state index contributed by atoms with van der Waals surface area (Å²) >= 11 is 0. The second-order valence-electron chi connectivity index (χ2n) is 5.27. The molecule has 1 aliphatic rings. The maximum absolute atomic E-state index is 12.7. The van der Waals surface area contributed by atoms with Crippen LogP contribution in [-0.2, 0) is 6.18 Å². The van der Waals surface area contributed by atoms with Crippen molar-refractivity contribution in [3.05, 3.63) is 11.8 Å². The van der Waals surface area contributed by atoms with Crippen molar-refractivity contribution in [3.8, 4) is 0 Å². The van der Waals surface area contributed by atoms with Gasteiger partial charge in [0.05, 0.1) is 0 Å². The zero-order valence-electron chi connectivity index (χ0n) is 11.3. The Balaban J connectivity index is 2.23. The molecule has 2 rings (SSSR count). The topological polar surface area (TPSA) is 75.9 Å². The highest BCUT2D eigenvalue weighted by Crippen LogP contribution is 2.34. The van der Waals surface area contributed by atoms with Gasteiger partial charge in [0, 0.05) is 12.1 Å². The average molecular weight is 289 g/mol. The van der Waals surface area contributed by atoms with Gasteiger partial charge < -0.3 is 5.32 Å². The van der Waals surface area contributed by atoms with E-state index in [-0.39, 0.29) is 17.8 Å². The van der Waals surface area contributed by atoms with Crippen LogP contribution in [0, 0.1) is 11.8 Å².